The highest BCUT2D eigenvalue weighted by Crippen LogP contribution is 2.35. The van der Waals surface area contributed by atoms with E-state index in [9.17, 15) is 29.0 Å². The van der Waals surface area contributed by atoms with E-state index in [1.54, 1.807) is 19.1 Å². The molecule has 0 amide bonds. The SMILES string of the molecule is CC(=C(C#N)S(=O)(=O)NCC1OCC(O)C(O)C1O)c1ccc(-c2ccc3cc(N(C)C)ccc3c2)s1. The zero-order valence-electron chi connectivity index (χ0n) is 20.6. The van der Waals surface area contributed by atoms with Gasteiger partial charge in [-0.15, -0.1) is 11.3 Å². The molecule has 1 fully saturated rings. The molecular weight excluding hydrogens is 514 g/mol. The Morgan fingerprint density at radius 3 is 2.51 bits per heavy atom. The number of nitriles is 1. The molecule has 4 unspecified atom stereocenters. The molecule has 1 aliphatic heterocycles. The van der Waals surface area contributed by atoms with Gasteiger partial charge in [-0.1, -0.05) is 18.2 Å². The maximum atomic E-state index is 12.9. The molecule has 196 valence electrons. The van der Waals surface area contributed by atoms with E-state index in [2.05, 4.69) is 29.0 Å². The van der Waals surface area contributed by atoms with Gasteiger partial charge in [-0.3, -0.25) is 0 Å². The number of hydrogen-bond acceptors (Lipinski definition) is 9. The second-order valence-corrected chi connectivity index (χ2v) is 11.9. The van der Waals surface area contributed by atoms with Crippen molar-refractivity contribution in [2.45, 2.75) is 31.3 Å². The molecule has 37 heavy (non-hydrogen) atoms. The summed E-state index contributed by atoms with van der Waals surface area (Å²) in [7, 11) is -0.248. The lowest BCUT2D eigenvalue weighted by Gasteiger charge is -2.35. The second-order valence-electron chi connectivity index (χ2n) is 9.14. The van der Waals surface area contributed by atoms with E-state index >= 15 is 0 Å². The Kier molecular flexibility index (Phi) is 8.01. The van der Waals surface area contributed by atoms with E-state index in [0.29, 0.717) is 10.5 Å². The van der Waals surface area contributed by atoms with Gasteiger partial charge in [0.05, 0.1) is 12.7 Å². The summed E-state index contributed by atoms with van der Waals surface area (Å²) in [6.07, 6.45) is -5.25. The summed E-state index contributed by atoms with van der Waals surface area (Å²) in [5, 5.41) is 41.3. The van der Waals surface area contributed by atoms with Crippen LogP contribution in [0.25, 0.3) is 26.8 Å². The minimum Gasteiger partial charge on any atom is -0.388 e. The summed E-state index contributed by atoms with van der Waals surface area (Å²) < 4.78 is 33.4. The lowest BCUT2D eigenvalue weighted by molar-refractivity contribution is -0.184. The number of anilines is 1. The molecule has 9 nitrogen and oxygen atoms in total. The van der Waals surface area contributed by atoms with Crippen molar-refractivity contribution in [1.29, 1.82) is 5.26 Å². The van der Waals surface area contributed by atoms with Gasteiger partial charge in [0, 0.05) is 36.1 Å². The smallest absolute Gasteiger partial charge is 0.251 e. The number of nitrogens with zero attached hydrogens (tertiary/aromatic N) is 2. The number of nitrogens with one attached hydrogen (secondary N) is 1. The van der Waals surface area contributed by atoms with Gasteiger partial charge in [0.15, 0.2) is 4.91 Å². The van der Waals surface area contributed by atoms with Crippen molar-refractivity contribution in [1.82, 2.24) is 4.72 Å². The number of ether oxygens (including phenoxy) is 1. The van der Waals surface area contributed by atoms with Crippen LogP contribution in [0.3, 0.4) is 0 Å². The van der Waals surface area contributed by atoms with Crippen LogP contribution in [-0.4, -0.2) is 75.4 Å². The first-order valence-corrected chi connectivity index (χ1v) is 13.9. The van der Waals surface area contributed by atoms with Gasteiger partial charge >= 0.3 is 0 Å². The molecule has 1 aliphatic rings. The van der Waals surface area contributed by atoms with Crippen LogP contribution in [0, 0.1) is 11.3 Å². The predicted octanol–water partition coefficient (Wildman–Crippen LogP) is 2.29. The van der Waals surface area contributed by atoms with Gasteiger partial charge in [-0.25, -0.2) is 13.1 Å². The fourth-order valence-corrected chi connectivity index (χ4v) is 6.36. The molecule has 0 spiro atoms. The van der Waals surface area contributed by atoms with Crippen LogP contribution in [-0.2, 0) is 14.8 Å². The Morgan fingerprint density at radius 1 is 1.11 bits per heavy atom. The number of benzene rings is 2. The van der Waals surface area contributed by atoms with E-state index in [0.717, 1.165) is 26.9 Å². The monoisotopic (exact) mass is 543 g/mol. The molecule has 11 heteroatoms. The molecule has 2 heterocycles. The minimum atomic E-state index is -4.23. The Labute approximate surface area is 219 Å². The Morgan fingerprint density at radius 2 is 1.81 bits per heavy atom. The van der Waals surface area contributed by atoms with Crippen molar-refractivity contribution in [2.75, 3.05) is 32.1 Å². The van der Waals surface area contributed by atoms with E-state index in [1.807, 2.05) is 37.2 Å². The number of hydrogen-bond donors (Lipinski definition) is 4. The van der Waals surface area contributed by atoms with Crippen molar-refractivity contribution < 1.29 is 28.5 Å². The van der Waals surface area contributed by atoms with Crippen LogP contribution in [0.15, 0.2) is 53.4 Å². The number of rotatable bonds is 7. The van der Waals surface area contributed by atoms with E-state index in [1.165, 1.54) is 11.3 Å². The molecule has 0 bridgehead atoms. The largest absolute Gasteiger partial charge is 0.388 e. The maximum absolute atomic E-state index is 12.9. The van der Waals surface area contributed by atoms with Crippen LogP contribution >= 0.6 is 11.3 Å². The molecule has 4 rings (SSSR count). The molecule has 0 radical (unpaired) electrons. The van der Waals surface area contributed by atoms with Crippen molar-refractivity contribution in [3.8, 4) is 16.5 Å². The highest BCUT2D eigenvalue weighted by Gasteiger charge is 2.38. The predicted molar refractivity (Wildman–Crippen MR) is 144 cm³/mol. The third-order valence-electron chi connectivity index (χ3n) is 6.39. The lowest BCUT2D eigenvalue weighted by Crippen LogP contribution is -2.56. The number of sulfonamides is 1. The highest BCUT2D eigenvalue weighted by molar-refractivity contribution is 7.93. The van der Waals surface area contributed by atoms with Crippen LogP contribution < -0.4 is 9.62 Å². The zero-order valence-corrected chi connectivity index (χ0v) is 22.3. The second kappa shape index (κ2) is 10.9. The molecule has 3 aromatic rings. The highest BCUT2D eigenvalue weighted by atomic mass is 32.2. The summed E-state index contributed by atoms with van der Waals surface area (Å²) in [5.74, 6) is 0. The molecular formula is C26H29N3O6S2. The normalized spacial score (nSPS) is 22.9. The number of aliphatic hydroxyl groups excluding tert-OH is 3. The van der Waals surface area contributed by atoms with Gasteiger partial charge in [0.2, 0.25) is 0 Å². The lowest BCUT2D eigenvalue weighted by atomic mass is 10.0. The Hall–Kier alpha value is -2.82. The van der Waals surface area contributed by atoms with Crippen molar-refractivity contribution in [2.24, 2.45) is 0 Å². The van der Waals surface area contributed by atoms with Crippen LogP contribution in [0.1, 0.15) is 11.8 Å². The summed E-state index contributed by atoms with van der Waals surface area (Å²) in [6, 6.07) is 17.8. The van der Waals surface area contributed by atoms with Crippen LogP contribution in [0.4, 0.5) is 5.69 Å². The van der Waals surface area contributed by atoms with Gasteiger partial charge < -0.3 is 25.0 Å². The molecule has 4 atom stereocenters. The third-order valence-corrected chi connectivity index (χ3v) is 9.13. The van der Waals surface area contributed by atoms with E-state index in [-0.39, 0.29) is 13.2 Å². The Balaban J connectivity index is 1.55. The van der Waals surface area contributed by atoms with Gasteiger partial charge in [-0.05, 0) is 59.2 Å². The van der Waals surface area contributed by atoms with Crippen molar-refractivity contribution in [3.63, 3.8) is 0 Å². The summed E-state index contributed by atoms with van der Waals surface area (Å²) in [6.45, 7) is 0.963. The summed E-state index contributed by atoms with van der Waals surface area (Å²) in [5.41, 5.74) is 2.39. The molecule has 2 aromatic carbocycles. The first kappa shape index (κ1) is 27.2. The maximum Gasteiger partial charge on any atom is 0.251 e. The van der Waals surface area contributed by atoms with Gasteiger partial charge in [0.25, 0.3) is 10.0 Å². The number of fused-ring (bicyclic) bond motifs is 1. The number of thiophene rings is 1. The van der Waals surface area contributed by atoms with Crippen LogP contribution in [0.2, 0.25) is 0 Å². The zero-order chi connectivity index (χ0) is 26.9. The topological polar surface area (TPSA) is 143 Å². The summed E-state index contributed by atoms with van der Waals surface area (Å²) in [4.78, 5) is 3.16. The number of aliphatic hydroxyl groups is 3. The fraction of sp³-hybridized carbons (Fsp3) is 0.346. The summed E-state index contributed by atoms with van der Waals surface area (Å²) >= 11 is 1.38. The third kappa shape index (κ3) is 5.71. The average Bonchev–Trinajstić information content (AvgIpc) is 3.37. The first-order chi connectivity index (χ1) is 17.5. The molecule has 4 N–H and O–H groups in total. The van der Waals surface area contributed by atoms with Gasteiger partial charge in [-0.2, -0.15) is 5.26 Å². The molecule has 0 saturated carbocycles. The quantitative estimate of drug-likeness (QED) is 0.333. The first-order valence-electron chi connectivity index (χ1n) is 11.6. The van der Waals surface area contributed by atoms with Crippen LogP contribution in [0.5, 0.6) is 0 Å². The molecule has 1 aromatic heterocycles. The fourth-order valence-electron chi connectivity index (χ4n) is 4.13. The Bertz CT molecular complexity index is 1470. The minimum absolute atomic E-state index is 0.242. The average molecular weight is 544 g/mol. The number of allylic oxidation sites excluding steroid dienone is 2. The van der Waals surface area contributed by atoms with E-state index in [4.69, 9.17) is 4.74 Å². The van der Waals surface area contributed by atoms with Crippen molar-refractivity contribution >= 4 is 43.4 Å². The van der Waals surface area contributed by atoms with E-state index < -0.39 is 39.3 Å². The van der Waals surface area contributed by atoms with Crippen molar-refractivity contribution in [3.05, 3.63) is 58.3 Å². The molecule has 1 saturated heterocycles. The van der Waals surface area contributed by atoms with Gasteiger partial charge in [0.1, 0.15) is 24.4 Å². The molecule has 0 aliphatic carbocycles. The standard InChI is InChI=1S/C26H29N3O6S2/c1-15(24(12-27)37(33,34)28-13-21-26(32)25(31)20(30)14-35-21)22-8-9-23(36-22)18-5-4-17-11-19(29(2)3)7-6-16(17)10-18/h4-11,20-21,25-26,28,30-32H,13-14H2,1-3H3.